The Bertz CT molecular complexity index is 7420. The van der Waals surface area contributed by atoms with Gasteiger partial charge in [0.1, 0.15) is 47.0 Å². The molecule has 15 rings (SSSR count). The average Bonchev–Trinajstić information content (AvgIpc) is 1.62. The highest BCUT2D eigenvalue weighted by atomic mass is 32.2. The zero-order valence-electron chi connectivity index (χ0n) is 76.4. The molecule has 5 heterocycles. The largest absolute Gasteiger partial charge is 0.494 e. The van der Waals surface area contributed by atoms with Crippen LogP contribution in [0, 0.1) is 34.0 Å². The molecule has 0 aliphatic heterocycles. The van der Waals surface area contributed by atoms with Crippen LogP contribution in [-0.4, -0.2) is 128 Å². The molecule has 5 N–H and O–H groups in total. The Kier molecular flexibility index (Phi) is 32.3. The molecule has 33 heteroatoms. The van der Waals surface area contributed by atoms with Gasteiger partial charge in [0.25, 0.3) is 0 Å². The Morgan fingerprint density at radius 2 is 0.561 bits per heavy atom. The molecule has 0 spiro atoms. The van der Waals surface area contributed by atoms with Gasteiger partial charge in [0.15, 0.2) is 0 Å². The molecule has 0 aliphatic carbocycles. The fourth-order valence-corrected chi connectivity index (χ4v) is 18.5. The van der Waals surface area contributed by atoms with Crippen LogP contribution < -0.4 is 47.3 Å². The Hall–Kier alpha value is -13.9. The maximum Gasteiger partial charge on any atom is 0.232 e. The molecular formula is C99H109N13O15S5. The van der Waals surface area contributed by atoms with E-state index < -0.39 is 50.1 Å². The van der Waals surface area contributed by atoms with Crippen molar-refractivity contribution in [2.45, 2.75) is 95.3 Å². The molecule has 28 nitrogen and oxygen atoms in total. The van der Waals surface area contributed by atoms with E-state index in [0.29, 0.717) is 84.7 Å². The topological polar surface area (TPSA) is 373 Å². The molecule has 0 amide bonds. The van der Waals surface area contributed by atoms with E-state index in [0.717, 1.165) is 178 Å². The van der Waals surface area contributed by atoms with Gasteiger partial charge in [-0.25, -0.2) is 42.1 Å². The van der Waals surface area contributed by atoms with Crippen LogP contribution in [0.1, 0.15) is 92.3 Å². The van der Waals surface area contributed by atoms with Crippen molar-refractivity contribution < 1.29 is 65.8 Å². The van der Waals surface area contributed by atoms with E-state index in [1.807, 2.05) is 180 Å². The SMILES string of the molecule is CCCn1c(-c2ccc(NS(C)(=O)=O)cc2)cc2ccc(OCC)cc21.CCOc1ccc2c(C#N)c(-c3ccc(NS(=O)(=O)CC)cc3)n(C)c2c1.CCOc1ccc2c(C#N)c(-c3ccc(NS(C)(=O)=O)cc3)n(C)c2c1.CCOc1ccc2c(C#N)c(-c3ccc(NS(C)(=O)=O)cc3)n(CC)c2c1.CCOc1ccc2cc(-c3ccc(NS(=O)(=O)CC)cc3)n(CC)c2c1. The second kappa shape index (κ2) is 43.2. The minimum atomic E-state index is -3.33. The Balaban J connectivity index is 0.000000159. The average molecular weight is 1880 g/mol. The van der Waals surface area contributed by atoms with Crippen LogP contribution >= 0.6 is 0 Å². The molecule has 0 saturated heterocycles. The molecule has 132 heavy (non-hydrogen) atoms. The number of benzene rings is 10. The van der Waals surface area contributed by atoms with Crippen molar-refractivity contribution in [3.8, 4) is 103 Å². The molecule has 15 aromatic rings. The van der Waals surface area contributed by atoms with Crippen LogP contribution in [-0.2, 0) is 83.8 Å². The number of nitriles is 3. The van der Waals surface area contributed by atoms with Crippen molar-refractivity contribution in [3.63, 3.8) is 0 Å². The monoisotopic (exact) mass is 1880 g/mol. The molecule has 0 fully saturated rings. The molecule has 0 bridgehead atoms. The molecule has 10 aromatic carbocycles. The van der Waals surface area contributed by atoms with Crippen LogP contribution in [0.25, 0.3) is 111 Å². The van der Waals surface area contributed by atoms with Gasteiger partial charge >= 0.3 is 0 Å². The van der Waals surface area contributed by atoms with Crippen LogP contribution in [0.15, 0.2) is 224 Å². The lowest BCUT2D eigenvalue weighted by atomic mass is 10.1. The molecule has 0 saturated carbocycles. The Morgan fingerprint density at radius 3 is 0.856 bits per heavy atom. The summed E-state index contributed by atoms with van der Waals surface area (Å²) < 4.78 is 166. The second-order valence-corrected chi connectivity index (χ2v) is 39.8. The van der Waals surface area contributed by atoms with Gasteiger partial charge in [0.2, 0.25) is 50.1 Å². The molecule has 0 radical (unpaired) electrons. The summed E-state index contributed by atoms with van der Waals surface area (Å²) in [7, 11) is -12.7. The predicted octanol–water partition coefficient (Wildman–Crippen LogP) is 20.3. The highest BCUT2D eigenvalue weighted by Crippen LogP contribution is 2.41. The molecule has 690 valence electrons. The summed E-state index contributed by atoms with van der Waals surface area (Å²) in [5.74, 6) is 4.08. The lowest BCUT2D eigenvalue weighted by molar-refractivity contribution is 0.340. The lowest BCUT2D eigenvalue weighted by Crippen LogP contribution is -2.14. The number of nitrogens with one attached hydrogen (secondary N) is 5. The zero-order chi connectivity index (χ0) is 95.6. The minimum absolute atomic E-state index is 0.0126. The first kappa shape index (κ1) is 98.7. The molecule has 0 unspecified atom stereocenters. The van der Waals surface area contributed by atoms with E-state index >= 15 is 0 Å². The summed E-state index contributed by atoms with van der Waals surface area (Å²) in [5.41, 5.74) is 18.6. The smallest absolute Gasteiger partial charge is 0.232 e. The van der Waals surface area contributed by atoms with Gasteiger partial charge in [-0.1, -0.05) is 67.6 Å². The third-order valence-electron chi connectivity index (χ3n) is 21.2. The van der Waals surface area contributed by atoms with Gasteiger partial charge in [-0.05, 0) is 230 Å². The Morgan fingerprint density at radius 1 is 0.295 bits per heavy atom. The standard InChI is InChI=1S/2C20H21N3O3S.2C20H24N2O3S.C19H19N3O3S/c1-4-23-19-12-16(26-5-2)10-11-17(19)18(13-21)20(23)14-6-8-15(9-7-14)22-27(3,24)25;1-4-26-16-10-11-17-18(13-21)20(23(3)19(17)12-16)14-6-8-15(9-7-14)22-27(24,25)5-2;1-4-12-22-19(13-16-8-11-18(25-5-2)14-20(16)22)15-6-9-17(10-7-15)21-26(3,23)24;1-4-22-19(13-16-9-12-18(25-5-2)14-20(16)22)15-7-10-17(11-8-15)21-26(23,24)6-3;1-4-25-15-9-10-16-17(12-20)19(22(2)18(16)11-15)13-5-7-14(8-6-13)21-26(3,23)24/h2*6-12,22H,4-5H2,1-3H3;6-11,13-14,21H,4-5,12H2,1-3H3;7-14,21H,4-6H2,1-3H3;5-11,21H,4H2,1-3H3. The normalized spacial score (nSPS) is 11.5. The lowest BCUT2D eigenvalue weighted by Gasteiger charge is -2.11. The van der Waals surface area contributed by atoms with Crippen molar-refractivity contribution in [1.29, 1.82) is 15.8 Å². The maximum absolute atomic E-state index is 11.7. The van der Waals surface area contributed by atoms with Gasteiger partial charge < -0.3 is 46.5 Å². The summed E-state index contributed by atoms with van der Waals surface area (Å²) in [6.45, 7) is 24.6. The fourth-order valence-electron chi connectivity index (χ4n) is 15.5. The molecular weight excluding hydrogens is 1770 g/mol. The van der Waals surface area contributed by atoms with Crippen molar-refractivity contribution in [1.82, 2.24) is 22.8 Å². The summed E-state index contributed by atoms with van der Waals surface area (Å²) in [5, 5.41) is 34.1. The number of aromatic nitrogens is 5. The zero-order valence-corrected chi connectivity index (χ0v) is 80.5. The number of fused-ring (bicyclic) bond motifs is 5. The van der Waals surface area contributed by atoms with Crippen molar-refractivity contribution >= 4 is 133 Å². The number of sulfonamides is 5. The molecule has 0 aliphatic rings. The number of nitrogens with zero attached hydrogens (tertiary/aromatic N) is 8. The number of hydrogen-bond donors (Lipinski definition) is 5. The molecule has 0 atom stereocenters. The third kappa shape index (κ3) is 24.2. The second-order valence-electron chi connectivity index (χ2n) is 30.5. The number of aryl methyl sites for hydroxylation is 5. The van der Waals surface area contributed by atoms with Crippen LogP contribution in [0.5, 0.6) is 28.7 Å². The quantitative estimate of drug-likeness (QED) is 0.0269. The first-order valence-electron chi connectivity index (χ1n) is 43.0. The molecule has 5 aromatic heterocycles. The summed E-state index contributed by atoms with van der Waals surface area (Å²) in [6.07, 6.45) is 4.38. The van der Waals surface area contributed by atoms with E-state index in [4.69, 9.17) is 23.7 Å². The van der Waals surface area contributed by atoms with E-state index in [9.17, 15) is 57.9 Å². The minimum Gasteiger partial charge on any atom is -0.494 e. The first-order chi connectivity index (χ1) is 63.0. The van der Waals surface area contributed by atoms with E-state index in [1.165, 1.54) is 0 Å². The van der Waals surface area contributed by atoms with Crippen LogP contribution in [0.4, 0.5) is 28.4 Å². The van der Waals surface area contributed by atoms with Crippen LogP contribution in [0.2, 0.25) is 0 Å². The van der Waals surface area contributed by atoms with Crippen molar-refractivity contribution in [2.75, 3.05) is 86.9 Å². The number of ether oxygens (including phenoxy) is 5. The van der Waals surface area contributed by atoms with Crippen molar-refractivity contribution in [2.24, 2.45) is 14.1 Å². The number of hydrogen-bond acceptors (Lipinski definition) is 18. The van der Waals surface area contributed by atoms with Gasteiger partial charge in [0, 0.05) is 131 Å². The van der Waals surface area contributed by atoms with Gasteiger partial charge in [-0.15, -0.1) is 0 Å². The van der Waals surface area contributed by atoms with Crippen molar-refractivity contribution in [3.05, 3.63) is 241 Å². The van der Waals surface area contributed by atoms with E-state index in [1.54, 1.807) is 86.6 Å². The maximum atomic E-state index is 11.7. The van der Waals surface area contributed by atoms with E-state index in [2.05, 4.69) is 106 Å². The highest BCUT2D eigenvalue weighted by molar-refractivity contribution is 7.93. The van der Waals surface area contributed by atoms with Gasteiger partial charge in [-0.2, -0.15) is 15.8 Å². The summed E-state index contributed by atoms with van der Waals surface area (Å²) >= 11 is 0. The summed E-state index contributed by atoms with van der Waals surface area (Å²) in [4.78, 5) is 0. The van der Waals surface area contributed by atoms with Crippen LogP contribution in [0.3, 0.4) is 0 Å². The first-order valence-corrected chi connectivity index (χ1v) is 52.0. The highest BCUT2D eigenvalue weighted by Gasteiger charge is 2.24. The van der Waals surface area contributed by atoms with E-state index in [-0.39, 0.29) is 11.5 Å². The number of anilines is 5. The summed E-state index contributed by atoms with van der Waals surface area (Å²) in [6, 6.07) is 76.5. The fraction of sp³-hybridized carbons (Fsp3) is 0.263. The van der Waals surface area contributed by atoms with Gasteiger partial charge in [0.05, 0.1) is 125 Å². The predicted molar refractivity (Wildman–Crippen MR) is 532 cm³/mol. The Labute approximate surface area is 772 Å². The van der Waals surface area contributed by atoms with Gasteiger partial charge in [-0.3, -0.25) is 23.6 Å². The third-order valence-corrected chi connectivity index (χ3v) is 25.6. The number of rotatable bonds is 31.